The van der Waals surface area contributed by atoms with Crippen molar-refractivity contribution in [2.75, 3.05) is 6.61 Å². The van der Waals surface area contributed by atoms with Crippen LogP contribution in [0.5, 0.6) is 0 Å². The van der Waals surface area contributed by atoms with Crippen LogP contribution < -0.4 is 11.1 Å². The maximum atomic E-state index is 13.5. The first-order valence-electron chi connectivity index (χ1n) is 7.61. The third-order valence-corrected chi connectivity index (χ3v) is 3.75. The number of amides is 2. The number of ether oxygens (including phenoxy) is 1. The Morgan fingerprint density at radius 1 is 1.12 bits per heavy atom. The number of rotatable bonds is 7. The Bertz CT molecular complexity index is 811. The largest absolute Gasteiger partial charge is 0.457 e. The molecule has 8 heteroatoms. The zero-order chi connectivity index (χ0) is 19.1. The number of esters is 1. The minimum absolute atomic E-state index is 0.162. The molecule has 2 rings (SSSR count). The summed E-state index contributed by atoms with van der Waals surface area (Å²) in [7, 11) is 0. The number of carbonyl (C=O) groups is 3. The van der Waals surface area contributed by atoms with Gasteiger partial charge in [-0.3, -0.25) is 9.59 Å². The van der Waals surface area contributed by atoms with Crippen molar-refractivity contribution in [2.45, 2.75) is 12.5 Å². The lowest BCUT2D eigenvalue weighted by molar-refractivity contribution is -0.143. The van der Waals surface area contributed by atoms with Crippen LogP contribution in [0.4, 0.5) is 9.18 Å². The lowest BCUT2D eigenvalue weighted by Gasteiger charge is -2.17. The zero-order valence-corrected chi connectivity index (χ0v) is 14.3. The van der Waals surface area contributed by atoms with Gasteiger partial charge < -0.3 is 15.8 Å². The molecule has 26 heavy (non-hydrogen) atoms. The average molecular weight is 379 g/mol. The number of hydrogen-bond acceptors (Lipinski definition) is 4. The highest BCUT2D eigenvalue weighted by molar-refractivity contribution is 6.30. The molecule has 0 fully saturated rings. The first-order chi connectivity index (χ1) is 12.4. The van der Waals surface area contributed by atoms with Crippen LogP contribution in [-0.4, -0.2) is 24.4 Å². The van der Waals surface area contributed by atoms with E-state index in [1.807, 2.05) is 0 Å². The Kier molecular flexibility index (Phi) is 6.68. The summed E-state index contributed by atoms with van der Waals surface area (Å²) < 4.78 is 18.4. The van der Waals surface area contributed by atoms with Crippen LogP contribution in [0, 0.1) is 5.82 Å². The Morgan fingerprint density at radius 3 is 2.38 bits per heavy atom. The number of primary amides is 1. The maximum Gasteiger partial charge on any atom is 0.312 e. The van der Waals surface area contributed by atoms with Crippen molar-refractivity contribution >= 4 is 29.4 Å². The van der Waals surface area contributed by atoms with Crippen molar-refractivity contribution in [3.8, 4) is 0 Å². The van der Waals surface area contributed by atoms with Gasteiger partial charge in [-0.05, 0) is 29.8 Å². The molecular formula is C18H16ClFN2O4. The van der Waals surface area contributed by atoms with Crippen molar-refractivity contribution in [3.05, 3.63) is 70.5 Å². The third-order valence-electron chi connectivity index (χ3n) is 3.50. The van der Waals surface area contributed by atoms with Crippen molar-refractivity contribution in [3.63, 3.8) is 0 Å². The third kappa shape index (κ3) is 5.56. The fraction of sp³-hybridized carbons (Fsp3) is 0.167. The van der Waals surface area contributed by atoms with Gasteiger partial charge in [-0.15, -0.1) is 0 Å². The minimum Gasteiger partial charge on any atom is -0.457 e. The minimum atomic E-state index is -0.819. The van der Waals surface area contributed by atoms with Gasteiger partial charge in [-0.1, -0.05) is 35.9 Å². The molecule has 1 atom stereocenters. The second-order valence-corrected chi connectivity index (χ2v) is 5.82. The van der Waals surface area contributed by atoms with E-state index in [4.69, 9.17) is 22.1 Å². The van der Waals surface area contributed by atoms with E-state index >= 15 is 0 Å². The second kappa shape index (κ2) is 8.96. The SMILES string of the molecule is NC(=O)N[C@@H](CC(=O)OCC(=O)c1ccccc1F)c1ccc(Cl)cc1. The smallest absolute Gasteiger partial charge is 0.312 e. The summed E-state index contributed by atoms with van der Waals surface area (Å²) >= 11 is 5.81. The topological polar surface area (TPSA) is 98.5 Å². The molecular weight excluding hydrogens is 363 g/mol. The molecule has 2 aromatic rings. The number of nitrogens with one attached hydrogen (secondary N) is 1. The lowest BCUT2D eigenvalue weighted by atomic mass is 10.0. The summed E-state index contributed by atoms with van der Waals surface area (Å²) in [4.78, 5) is 35.1. The van der Waals surface area contributed by atoms with Gasteiger partial charge in [-0.2, -0.15) is 0 Å². The molecule has 0 aromatic heterocycles. The lowest BCUT2D eigenvalue weighted by Crippen LogP contribution is -2.34. The Hall–Kier alpha value is -2.93. The first kappa shape index (κ1) is 19.4. The summed E-state index contributed by atoms with van der Waals surface area (Å²) in [6, 6.07) is 10.3. The molecule has 0 unspecified atom stereocenters. The summed E-state index contributed by atoms with van der Waals surface area (Å²) in [5.74, 6) is -2.10. The Morgan fingerprint density at radius 2 is 1.77 bits per heavy atom. The van der Waals surface area contributed by atoms with Gasteiger partial charge in [0.2, 0.25) is 5.78 Å². The number of Topliss-reactive ketones (excluding diaryl/α,β-unsaturated/α-hetero) is 1. The molecule has 0 heterocycles. The predicted octanol–water partition coefficient (Wildman–Crippen LogP) is 3.00. The van der Waals surface area contributed by atoms with E-state index in [2.05, 4.69) is 5.32 Å². The van der Waals surface area contributed by atoms with E-state index in [9.17, 15) is 18.8 Å². The molecule has 0 saturated heterocycles. The molecule has 0 bridgehead atoms. The van der Waals surface area contributed by atoms with Crippen molar-refractivity contribution < 1.29 is 23.5 Å². The number of urea groups is 1. The number of nitrogens with two attached hydrogens (primary N) is 1. The standard InChI is InChI=1S/C18H16ClFN2O4/c19-12-7-5-11(6-8-12)15(22-18(21)25)9-17(24)26-10-16(23)13-3-1-2-4-14(13)20/h1-8,15H,9-10H2,(H3,21,22,25)/t15-/m0/s1. The van der Waals surface area contributed by atoms with Crippen molar-refractivity contribution in [2.24, 2.45) is 5.73 Å². The van der Waals surface area contributed by atoms with E-state index in [1.54, 1.807) is 24.3 Å². The summed E-state index contributed by atoms with van der Waals surface area (Å²) in [5.41, 5.74) is 5.55. The number of hydrogen-bond donors (Lipinski definition) is 2. The molecule has 0 aliphatic heterocycles. The number of halogens is 2. The fourth-order valence-electron chi connectivity index (χ4n) is 2.26. The molecule has 3 N–H and O–H groups in total. The molecule has 0 radical (unpaired) electrons. The van der Waals surface area contributed by atoms with Crippen LogP contribution in [-0.2, 0) is 9.53 Å². The van der Waals surface area contributed by atoms with Crippen molar-refractivity contribution in [1.29, 1.82) is 0 Å². The normalized spacial score (nSPS) is 11.5. The molecule has 0 aliphatic rings. The number of benzene rings is 2. The van der Waals surface area contributed by atoms with Gasteiger partial charge in [0.1, 0.15) is 5.82 Å². The van der Waals surface area contributed by atoms with Crippen LogP contribution >= 0.6 is 11.6 Å². The van der Waals surface area contributed by atoms with Gasteiger partial charge in [-0.25, -0.2) is 9.18 Å². The van der Waals surface area contributed by atoms with Gasteiger partial charge in [0.05, 0.1) is 18.0 Å². The van der Waals surface area contributed by atoms with Crippen molar-refractivity contribution in [1.82, 2.24) is 5.32 Å². The van der Waals surface area contributed by atoms with Crippen LogP contribution in [0.1, 0.15) is 28.4 Å². The summed E-state index contributed by atoms with van der Waals surface area (Å²) in [6.45, 7) is -0.607. The van der Waals surface area contributed by atoms with E-state index in [-0.39, 0.29) is 12.0 Å². The van der Waals surface area contributed by atoms with Crippen LogP contribution in [0.15, 0.2) is 48.5 Å². The highest BCUT2D eigenvalue weighted by Gasteiger charge is 2.20. The average Bonchev–Trinajstić information content (AvgIpc) is 2.60. The molecule has 2 aromatic carbocycles. The summed E-state index contributed by atoms with van der Waals surface area (Å²) in [5, 5.41) is 2.92. The highest BCUT2D eigenvalue weighted by atomic mass is 35.5. The van der Waals surface area contributed by atoms with Crippen LogP contribution in [0.25, 0.3) is 0 Å². The molecule has 0 spiro atoms. The predicted molar refractivity (Wildman–Crippen MR) is 93.2 cm³/mol. The fourth-order valence-corrected chi connectivity index (χ4v) is 2.38. The Balaban J connectivity index is 1.98. The molecule has 0 saturated carbocycles. The van der Waals surface area contributed by atoms with Gasteiger partial charge in [0, 0.05) is 5.02 Å². The van der Waals surface area contributed by atoms with E-state index in [0.29, 0.717) is 10.6 Å². The molecule has 0 aliphatic carbocycles. The second-order valence-electron chi connectivity index (χ2n) is 5.38. The molecule has 6 nitrogen and oxygen atoms in total. The monoisotopic (exact) mass is 378 g/mol. The van der Waals surface area contributed by atoms with E-state index in [0.717, 1.165) is 6.07 Å². The highest BCUT2D eigenvalue weighted by Crippen LogP contribution is 2.20. The molecule has 2 amide bonds. The maximum absolute atomic E-state index is 13.5. The summed E-state index contributed by atoms with van der Waals surface area (Å²) in [6.07, 6.45) is -0.255. The van der Waals surface area contributed by atoms with E-state index < -0.39 is 36.2 Å². The Labute approximate surface area is 154 Å². The quantitative estimate of drug-likeness (QED) is 0.571. The van der Waals surface area contributed by atoms with Crippen LogP contribution in [0.2, 0.25) is 5.02 Å². The van der Waals surface area contributed by atoms with E-state index in [1.165, 1.54) is 18.2 Å². The van der Waals surface area contributed by atoms with Gasteiger partial charge in [0.25, 0.3) is 0 Å². The number of carbonyl (C=O) groups excluding carboxylic acids is 3. The molecule has 136 valence electrons. The number of ketones is 1. The first-order valence-corrected chi connectivity index (χ1v) is 7.99. The van der Waals surface area contributed by atoms with Gasteiger partial charge in [0.15, 0.2) is 6.61 Å². The van der Waals surface area contributed by atoms with Gasteiger partial charge >= 0.3 is 12.0 Å². The van der Waals surface area contributed by atoms with Crippen LogP contribution in [0.3, 0.4) is 0 Å². The zero-order valence-electron chi connectivity index (χ0n) is 13.6.